The molecule has 0 aromatic heterocycles. The average molecular weight is 234 g/mol. The van der Waals surface area contributed by atoms with E-state index in [2.05, 4.69) is 24.9 Å². The minimum absolute atomic E-state index is 0.151. The molecule has 1 atom stereocenters. The van der Waals surface area contributed by atoms with Crippen LogP contribution in [0.15, 0.2) is 36.9 Å². The van der Waals surface area contributed by atoms with E-state index >= 15 is 0 Å². The third-order valence-corrected chi connectivity index (χ3v) is 2.48. The highest BCUT2D eigenvalue weighted by atomic mass is 16.5. The van der Waals surface area contributed by atoms with Gasteiger partial charge in [-0.2, -0.15) is 0 Å². The normalized spacial score (nSPS) is 12.1. The van der Waals surface area contributed by atoms with Gasteiger partial charge < -0.3 is 15.8 Å². The molecule has 3 nitrogen and oxygen atoms in total. The van der Waals surface area contributed by atoms with E-state index in [-0.39, 0.29) is 6.04 Å². The van der Waals surface area contributed by atoms with Gasteiger partial charge in [-0.05, 0) is 24.1 Å². The molecule has 0 saturated heterocycles. The monoisotopic (exact) mass is 234 g/mol. The summed E-state index contributed by atoms with van der Waals surface area (Å²) in [4.78, 5) is 0. The molecule has 0 fully saturated rings. The van der Waals surface area contributed by atoms with E-state index in [1.54, 1.807) is 0 Å². The quantitative estimate of drug-likeness (QED) is 0.678. The van der Waals surface area contributed by atoms with E-state index in [4.69, 9.17) is 10.5 Å². The maximum absolute atomic E-state index is 5.76. The minimum Gasteiger partial charge on any atom is -0.494 e. The highest BCUT2D eigenvalue weighted by Gasteiger charge is 2.08. The van der Waals surface area contributed by atoms with E-state index in [1.165, 1.54) is 0 Å². The zero-order valence-corrected chi connectivity index (χ0v) is 10.5. The van der Waals surface area contributed by atoms with E-state index in [0.717, 1.165) is 30.9 Å². The maximum Gasteiger partial charge on any atom is 0.119 e. The first-order chi connectivity index (χ1) is 8.31. The minimum atomic E-state index is 0.151. The van der Waals surface area contributed by atoms with Crippen molar-refractivity contribution in [3.8, 4) is 5.75 Å². The Balaban J connectivity index is 2.69. The van der Waals surface area contributed by atoms with Gasteiger partial charge >= 0.3 is 0 Å². The smallest absolute Gasteiger partial charge is 0.119 e. The molecule has 1 aromatic rings. The van der Waals surface area contributed by atoms with E-state index in [0.29, 0.717) is 6.54 Å². The summed E-state index contributed by atoms with van der Waals surface area (Å²) in [6, 6.07) is 8.23. The molecular formula is C14H22N2O. The Labute approximate surface area is 104 Å². The van der Waals surface area contributed by atoms with Crippen molar-refractivity contribution in [2.45, 2.75) is 19.4 Å². The largest absolute Gasteiger partial charge is 0.494 e. The second-order valence-electron chi connectivity index (χ2n) is 3.91. The Bertz CT molecular complexity index is 339. The van der Waals surface area contributed by atoms with Crippen LogP contribution in [-0.2, 0) is 0 Å². The Kier molecular flexibility index (Phi) is 6.37. The molecule has 0 heterocycles. The lowest BCUT2D eigenvalue weighted by atomic mass is 10.1. The van der Waals surface area contributed by atoms with Crippen molar-refractivity contribution in [3.63, 3.8) is 0 Å². The molecule has 0 amide bonds. The van der Waals surface area contributed by atoms with Crippen molar-refractivity contribution >= 4 is 0 Å². The zero-order chi connectivity index (χ0) is 12.5. The van der Waals surface area contributed by atoms with Crippen LogP contribution in [0.2, 0.25) is 0 Å². The van der Waals surface area contributed by atoms with Crippen LogP contribution < -0.4 is 15.8 Å². The van der Waals surface area contributed by atoms with Crippen LogP contribution in [0, 0.1) is 0 Å². The van der Waals surface area contributed by atoms with Crippen LogP contribution in [0.25, 0.3) is 0 Å². The van der Waals surface area contributed by atoms with Crippen LogP contribution in [0.1, 0.15) is 24.9 Å². The summed E-state index contributed by atoms with van der Waals surface area (Å²) in [5.41, 5.74) is 6.91. The Hall–Kier alpha value is -1.32. The predicted molar refractivity (Wildman–Crippen MR) is 72.2 cm³/mol. The number of nitrogens with one attached hydrogen (secondary N) is 1. The first-order valence-corrected chi connectivity index (χ1v) is 6.09. The van der Waals surface area contributed by atoms with Crippen molar-refractivity contribution < 1.29 is 4.74 Å². The molecule has 1 unspecified atom stereocenters. The summed E-state index contributed by atoms with van der Waals surface area (Å²) >= 11 is 0. The zero-order valence-electron chi connectivity index (χ0n) is 10.5. The standard InChI is InChI=1S/C14H22N2O/c1-3-8-16-14(11-15)12-6-5-7-13(10-12)17-9-4-2/h3,5-7,10,14,16H,1,4,8-9,11,15H2,2H3. The molecular weight excluding hydrogens is 212 g/mol. The fourth-order valence-electron chi connectivity index (χ4n) is 1.60. The number of benzene rings is 1. The Morgan fingerprint density at radius 1 is 1.53 bits per heavy atom. The number of ether oxygens (including phenoxy) is 1. The Morgan fingerprint density at radius 3 is 3.00 bits per heavy atom. The van der Waals surface area contributed by atoms with Gasteiger partial charge in [0, 0.05) is 19.1 Å². The van der Waals surface area contributed by atoms with Crippen molar-refractivity contribution in [3.05, 3.63) is 42.5 Å². The van der Waals surface area contributed by atoms with Gasteiger partial charge in [0.2, 0.25) is 0 Å². The van der Waals surface area contributed by atoms with Crippen LogP contribution in [0.5, 0.6) is 5.75 Å². The summed E-state index contributed by atoms with van der Waals surface area (Å²) < 4.78 is 5.61. The molecule has 94 valence electrons. The summed E-state index contributed by atoms with van der Waals surface area (Å²) in [7, 11) is 0. The van der Waals surface area contributed by atoms with Gasteiger partial charge in [0.05, 0.1) is 6.61 Å². The number of rotatable bonds is 8. The molecule has 0 aliphatic carbocycles. The number of hydrogen-bond donors (Lipinski definition) is 2. The van der Waals surface area contributed by atoms with Crippen molar-refractivity contribution in [1.29, 1.82) is 0 Å². The molecule has 0 aliphatic heterocycles. The van der Waals surface area contributed by atoms with Gasteiger partial charge in [-0.1, -0.05) is 25.1 Å². The summed E-state index contributed by atoms with van der Waals surface area (Å²) in [5.74, 6) is 0.906. The number of hydrogen-bond acceptors (Lipinski definition) is 3. The third-order valence-electron chi connectivity index (χ3n) is 2.48. The maximum atomic E-state index is 5.76. The second kappa shape index (κ2) is 7.87. The first kappa shape index (κ1) is 13.7. The summed E-state index contributed by atoms with van der Waals surface area (Å²) in [6.45, 7) is 7.85. The van der Waals surface area contributed by atoms with E-state index in [1.807, 2.05) is 24.3 Å². The Morgan fingerprint density at radius 2 is 2.35 bits per heavy atom. The molecule has 0 aliphatic rings. The fourth-order valence-corrected chi connectivity index (χ4v) is 1.60. The van der Waals surface area contributed by atoms with Gasteiger partial charge in [0.1, 0.15) is 5.75 Å². The third kappa shape index (κ3) is 4.59. The van der Waals surface area contributed by atoms with Crippen LogP contribution in [-0.4, -0.2) is 19.7 Å². The topological polar surface area (TPSA) is 47.3 Å². The SMILES string of the molecule is C=CCNC(CN)c1cccc(OCCC)c1. The fraction of sp³-hybridized carbons (Fsp3) is 0.429. The molecule has 1 aromatic carbocycles. The summed E-state index contributed by atoms with van der Waals surface area (Å²) in [6.07, 6.45) is 2.85. The molecule has 3 N–H and O–H groups in total. The van der Waals surface area contributed by atoms with Crippen molar-refractivity contribution in [1.82, 2.24) is 5.32 Å². The van der Waals surface area contributed by atoms with Crippen LogP contribution >= 0.6 is 0 Å². The highest BCUT2D eigenvalue weighted by molar-refractivity contribution is 5.30. The van der Waals surface area contributed by atoms with Gasteiger partial charge in [-0.3, -0.25) is 0 Å². The van der Waals surface area contributed by atoms with Gasteiger partial charge in [0.25, 0.3) is 0 Å². The lowest BCUT2D eigenvalue weighted by molar-refractivity contribution is 0.317. The first-order valence-electron chi connectivity index (χ1n) is 6.09. The molecule has 0 bridgehead atoms. The van der Waals surface area contributed by atoms with Crippen molar-refractivity contribution in [2.75, 3.05) is 19.7 Å². The van der Waals surface area contributed by atoms with Crippen LogP contribution in [0.4, 0.5) is 0 Å². The predicted octanol–water partition coefficient (Wildman–Crippen LogP) is 2.25. The van der Waals surface area contributed by atoms with Gasteiger partial charge in [0.15, 0.2) is 0 Å². The van der Waals surface area contributed by atoms with Gasteiger partial charge in [-0.15, -0.1) is 6.58 Å². The molecule has 0 saturated carbocycles. The van der Waals surface area contributed by atoms with Crippen LogP contribution in [0.3, 0.4) is 0 Å². The van der Waals surface area contributed by atoms with E-state index in [9.17, 15) is 0 Å². The highest BCUT2D eigenvalue weighted by Crippen LogP contribution is 2.18. The van der Waals surface area contributed by atoms with Crippen molar-refractivity contribution in [2.24, 2.45) is 5.73 Å². The summed E-state index contributed by atoms with van der Waals surface area (Å²) in [5, 5.41) is 3.32. The molecule has 17 heavy (non-hydrogen) atoms. The lowest BCUT2D eigenvalue weighted by Gasteiger charge is -2.17. The second-order valence-corrected chi connectivity index (χ2v) is 3.91. The lowest BCUT2D eigenvalue weighted by Crippen LogP contribution is -2.28. The molecule has 1 rings (SSSR count). The van der Waals surface area contributed by atoms with E-state index < -0.39 is 0 Å². The molecule has 3 heteroatoms. The van der Waals surface area contributed by atoms with Gasteiger partial charge in [-0.25, -0.2) is 0 Å². The molecule has 0 radical (unpaired) electrons. The number of nitrogens with two attached hydrogens (primary N) is 1. The molecule has 0 spiro atoms. The average Bonchev–Trinajstić information content (AvgIpc) is 2.38.